The van der Waals surface area contributed by atoms with E-state index in [4.69, 9.17) is 0 Å². The van der Waals surface area contributed by atoms with Crippen LogP contribution in [0.15, 0.2) is 121 Å². The Hall–Kier alpha value is -2.80. The molecule has 0 aliphatic heterocycles. The molecule has 0 bridgehead atoms. The van der Waals surface area contributed by atoms with E-state index in [9.17, 15) is 0 Å². The second kappa shape index (κ2) is 15.0. The van der Waals surface area contributed by atoms with E-state index in [1.807, 2.05) is 0 Å². The van der Waals surface area contributed by atoms with Crippen molar-refractivity contribution in [3.8, 4) is 22.3 Å². The summed E-state index contributed by atoms with van der Waals surface area (Å²) >= 11 is 1.36. The Morgan fingerprint density at radius 2 is 1.24 bits per heavy atom. The summed E-state index contributed by atoms with van der Waals surface area (Å²) in [4.78, 5) is 0. The van der Waals surface area contributed by atoms with Gasteiger partial charge in [-0.15, -0.1) is 63.0 Å². The van der Waals surface area contributed by atoms with Gasteiger partial charge >= 0.3 is 30.2 Å². The van der Waals surface area contributed by atoms with Gasteiger partial charge in [-0.3, -0.25) is 0 Å². The Kier molecular flexibility index (Phi) is 12.4. The summed E-state index contributed by atoms with van der Waals surface area (Å²) in [6, 6.07) is 43.3. The van der Waals surface area contributed by atoms with Gasteiger partial charge in [0.25, 0.3) is 0 Å². The van der Waals surface area contributed by atoms with E-state index >= 15 is 0 Å². The molecule has 192 valence electrons. The average Bonchev–Trinajstić information content (AvgIpc) is 3.60. The molecule has 2 radical (unpaired) electrons. The third kappa shape index (κ3) is 6.99. The van der Waals surface area contributed by atoms with Gasteiger partial charge in [-0.25, -0.2) is 0 Å². The molecule has 0 aliphatic rings. The van der Waals surface area contributed by atoms with Crippen LogP contribution in [-0.2, 0) is 23.3 Å². The molecule has 2 heteroatoms. The molecular weight excluding hydrogens is 552 g/mol. The van der Waals surface area contributed by atoms with Crippen LogP contribution in [0.1, 0.15) is 30.9 Å². The van der Waals surface area contributed by atoms with Gasteiger partial charge in [0.15, 0.2) is 0 Å². The van der Waals surface area contributed by atoms with Gasteiger partial charge in [0.05, 0.1) is 0 Å². The van der Waals surface area contributed by atoms with Crippen LogP contribution in [-0.4, -0.2) is 6.88 Å². The van der Waals surface area contributed by atoms with Crippen LogP contribution in [0.25, 0.3) is 43.8 Å². The molecule has 0 fully saturated rings. The second-order valence-electron chi connectivity index (χ2n) is 9.27. The van der Waals surface area contributed by atoms with Gasteiger partial charge in [0, 0.05) is 0 Å². The van der Waals surface area contributed by atoms with Crippen LogP contribution in [0.5, 0.6) is 0 Å². The zero-order valence-corrected chi connectivity index (χ0v) is 26.6. The van der Waals surface area contributed by atoms with E-state index in [1.54, 1.807) is 0 Å². The molecule has 0 aliphatic carbocycles. The molecule has 0 saturated carbocycles. The summed E-state index contributed by atoms with van der Waals surface area (Å²) in [5.41, 5.74) is 8.02. The summed E-state index contributed by atoms with van der Waals surface area (Å²) in [6.45, 7) is 9.72. The zero-order valence-electron chi connectivity index (χ0n) is 23.1. The second-order valence-corrected chi connectivity index (χ2v) is 9.27. The molecule has 0 aromatic heterocycles. The van der Waals surface area contributed by atoms with E-state index in [0.29, 0.717) is 5.92 Å². The molecule has 0 amide bonds. The van der Waals surface area contributed by atoms with Crippen molar-refractivity contribution in [2.24, 2.45) is 0 Å². The first-order chi connectivity index (χ1) is 17.6. The Bertz CT molecular complexity index is 1540. The van der Waals surface area contributed by atoms with Crippen LogP contribution in [0, 0.1) is 21.8 Å². The van der Waals surface area contributed by atoms with Crippen molar-refractivity contribution in [3.63, 3.8) is 0 Å². The first-order valence-corrected chi connectivity index (χ1v) is 16.5. The monoisotopic (exact) mass is 586 g/mol. The van der Waals surface area contributed by atoms with E-state index < -0.39 is 0 Å². The number of hydrogen-bond acceptors (Lipinski definition) is 0. The first-order valence-electron chi connectivity index (χ1n) is 12.3. The van der Waals surface area contributed by atoms with E-state index in [-0.39, 0.29) is 14.9 Å². The Balaban J connectivity index is 0.000000240. The van der Waals surface area contributed by atoms with Gasteiger partial charge in [-0.2, -0.15) is 18.2 Å². The summed E-state index contributed by atoms with van der Waals surface area (Å²) in [5, 5.41) is 5.43. The molecule has 0 saturated heterocycles. The van der Waals surface area contributed by atoms with Gasteiger partial charge in [-0.05, 0) is 17.0 Å². The number of hydrogen-bond donors (Lipinski definition) is 0. The van der Waals surface area contributed by atoms with E-state index in [0.717, 1.165) is 0 Å². The van der Waals surface area contributed by atoms with Crippen LogP contribution < -0.4 is 0 Å². The summed E-state index contributed by atoms with van der Waals surface area (Å²) in [6.07, 6.45) is 0. The van der Waals surface area contributed by atoms with Gasteiger partial charge in [-0.1, -0.05) is 105 Å². The Labute approximate surface area is 246 Å². The van der Waals surface area contributed by atoms with Gasteiger partial charge in [0.1, 0.15) is 0 Å². The SMILES string of the molecule is CC(C)c1cc2c(-c3ccccc3)cccc2[cH-]1.Cc1ccc(-c2ccccc2)c2cc[cH-]c12.[CH3-].[CH3-].[Si]=[Zr]. The van der Waals surface area contributed by atoms with Gasteiger partial charge in [0.2, 0.25) is 0 Å². The van der Waals surface area contributed by atoms with E-state index in [2.05, 4.69) is 149 Å². The third-order valence-corrected chi connectivity index (χ3v) is 6.64. The average molecular weight is 588 g/mol. The number of aryl methyl sites for hydroxylation is 1. The van der Waals surface area contributed by atoms with Crippen molar-refractivity contribution in [1.82, 2.24) is 0 Å². The number of fused-ring (bicyclic) bond motifs is 2. The van der Waals surface area contributed by atoms with Crippen LogP contribution in [0.2, 0.25) is 0 Å². The summed E-state index contributed by atoms with van der Waals surface area (Å²) in [5.74, 6) is 0.584. The standard InChI is InChI=1S/C18H17.C16H13.2CH3.Si.Zr/c1-13(2)16-11-15-9-6-10-17(18(15)12-16)14-7-4-3-5-8-14;1-12-10-11-15(13-6-3-2-4-7-13)16-9-5-8-14(12)16;;;;/h3-13H,1-2H3;2-11H,1H3;2*1H3;;/q4*-1;;. The summed E-state index contributed by atoms with van der Waals surface area (Å²) in [7, 11) is 0. The fourth-order valence-corrected chi connectivity index (χ4v) is 4.72. The quantitative estimate of drug-likeness (QED) is 0.143. The molecule has 38 heavy (non-hydrogen) atoms. The predicted molar refractivity (Wildman–Crippen MR) is 167 cm³/mol. The minimum absolute atomic E-state index is 0. The molecule has 6 rings (SSSR count). The summed E-state index contributed by atoms with van der Waals surface area (Å²) < 4.78 is 0. The van der Waals surface area contributed by atoms with Crippen LogP contribution in [0.4, 0.5) is 0 Å². The normalized spacial score (nSPS) is 9.97. The van der Waals surface area contributed by atoms with Crippen molar-refractivity contribution in [2.75, 3.05) is 0 Å². The first kappa shape index (κ1) is 31.4. The van der Waals surface area contributed by atoms with Crippen LogP contribution in [0.3, 0.4) is 0 Å². The van der Waals surface area contributed by atoms with Crippen molar-refractivity contribution >= 4 is 28.4 Å². The predicted octanol–water partition coefficient (Wildman–Crippen LogP) is 10.4. The van der Waals surface area contributed by atoms with Crippen LogP contribution >= 0.6 is 0 Å². The molecule has 0 atom stereocenters. The molecule has 0 nitrogen and oxygen atoms in total. The molecule has 6 aromatic rings. The fraction of sp³-hybridized carbons (Fsp3) is 0.111. The minimum atomic E-state index is 0. The van der Waals surface area contributed by atoms with Crippen molar-refractivity contribution < 1.29 is 23.3 Å². The van der Waals surface area contributed by atoms with Crippen molar-refractivity contribution in [3.05, 3.63) is 147 Å². The number of rotatable bonds is 3. The maximum atomic E-state index is 3.06. The van der Waals surface area contributed by atoms with Crippen molar-refractivity contribution in [1.29, 1.82) is 0 Å². The topological polar surface area (TPSA) is 0 Å². The molecule has 0 heterocycles. The van der Waals surface area contributed by atoms with Crippen molar-refractivity contribution in [2.45, 2.75) is 26.7 Å². The third-order valence-electron chi connectivity index (χ3n) is 6.64. The molecular formula is C36H36SiZr-4. The van der Waals surface area contributed by atoms with Gasteiger partial charge < -0.3 is 14.9 Å². The molecule has 0 spiro atoms. The number of benzene rings is 4. The zero-order chi connectivity index (χ0) is 25.5. The Morgan fingerprint density at radius 1 is 0.658 bits per heavy atom. The molecule has 6 aromatic carbocycles. The van der Waals surface area contributed by atoms with E-state index in [1.165, 1.54) is 78.3 Å². The molecule has 0 N–H and O–H groups in total. The maximum absolute atomic E-state index is 3.06. The Morgan fingerprint density at radius 3 is 1.82 bits per heavy atom. The fourth-order valence-electron chi connectivity index (χ4n) is 4.72. The molecule has 0 unspecified atom stereocenters.